The summed E-state index contributed by atoms with van der Waals surface area (Å²) in [4.78, 5) is 22.0. The van der Waals surface area contributed by atoms with E-state index in [-0.39, 0.29) is 0 Å². The van der Waals surface area contributed by atoms with E-state index in [0.717, 1.165) is 0 Å². The third-order valence-corrected chi connectivity index (χ3v) is 2.18. The molecule has 0 aliphatic carbocycles. The first-order valence-corrected chi connectivity index (χ1v) is 4.50. The first kappa shape index (κ1) is 14.8. The molecule has 0 aromatic carbocycles. The van der Waals surface area contributed by atoms with Crippen molar-refractivity contribution in [1.29, 1.82) is 0 Å². The summed E-state index contributed by atoms with van der Waals surface area (Å²) in [6.45, 7) is 0. The molecule has 0 saturated carbocycles. The highest BCUT2D eigenvalue weighted by molar-refractivity contribution is 5.87. The molecule has 8 heteroatoms. The molecule has 0 bridgehead atoms. The number of primary amides is 2. The molecule has 0 rings (SSSR count). The van der Waals surface area contributed by atoms with Crippen LogP contribution in [0, 0.1) is 5.41 Å². The number of aliphatic hydroxyl groups is 4. The fourth-order valence-corrected chi connectivity index (χ4v) is 1.55. The lowest BCUT2D eigenvalue weighted by molar-refractivity contribution is -0.151. The van der Waals surface area contributed by atoms with Crippen LogP contribution in [0.15, 0.2) is 0 Å². The van der Waals surface area contributed by atoms with Crippen molar-refractivity contribution in [3.63, 3.8) is 0 Å². The van der Waals surface area contributed by atoms with Crippen LogP contribution >= 0.6 is 0 Å². The predicted molar refractivity (Wildman–Crippen MR) is 51.1 cm³/mol. The van der Waals surface area contributed by atoms with Crippen molar-refractivity contribution >= 4 is 11.8 Å². The van der Waals surface area contributed by atoms with Gasteiger partial charge in [0.05, 0.1) is 5.41 Å². The summed E-state index contributed by atoms with van der Waals surface area (Å²) < 4.78 is 0. The summed E-state index contributed by atoms with van der Waals surface area (Å²) in [6, 6.07) is 0. The van der Waals surface area contributed by atoms with E-state index in [1.807, 2.05) is 0 Å². The highest BCUT2D eigenvalue weighted by Crippen LogP contribution is 2.32. The smallest absolute Gasteiger partial charge is 0.224 e. The molecule has 0 heterocycles. The van der Waals surface area contributed by atoms with Crippen molar-refractivity contribution in [2.45, 2.75) is 31.8 Å². The quantitative estimate of drug-likeness (QED) is 0.253. The van der Waals surface area contributed by atoms with Gasteiger partial charge in [-0.05, 0) is 0 Å². The Morgan fingerprint density at radius 2 is 1.38 bits per heavy atom. The van der Waals surface area contributed by atoms with Gasteiger partial charge in [-0.25, -0.2) is 0 Å². The lowest BCUT2D eigenvalue weighted by atomic mass is 9.76. The molecule has 0 radical (unpaired) electrons. The monoisotopic (exact) mass is 236 g/mol. The Hall–Kier alpha value is -1.22. The predicted octanol–water partition coefficient (Wildman–Crippen LogP) is -3.26. The standard InChI is InChI=1S/C8H16N2O6/c9-4(11)1-8(7(10)16,2-5(12)13)3-6(14)15/h5-6,12-15H,1-3H2,(H2,9,11)(H2,10,16). The molecule has 8 nitrogen and oxygen atoms in total. The van der Waals surface area contributed by atoms with Gasteiger partial charge in [-0.2, -0.15) is 0 Å². The molecular weight excluding hydrogens is 220 g/mol. The largest absolute Gasteiger partial charge is 0.370 e. The Labute approximate surface area is 91.5 Å². The molecule has 0 aliphatic rings. The minimum atomic E-state index is -1.91. The molecule has 94 valence electrons. The number of rotatable bonds is 7. The number of amides is 2. The van der Waals surface area contributed by atoms with E-state index < -0.39 is 49.1 Å². The second-order valence-corrected chi connectivity index (χ2v) is 3.66. The minimum absolute atomic E-state index is 0.586. The van der Waals surface area contributed by atoms with Crippen LogP contribution in [0.4, 0.5) is 0 Å². The van der Waals surface area contributed by atoms with Gasteiger partial charge in [0.1, 0.15) is 0 Å². The molecular formula is C8H16N2O6. The van der Waals surface area contributed by atoms with E-state index in [9.17, 15) is 9.59 Å². The van der Waals surface area contributed by atoms with E-state index in [1.165, 1.54) is 0 Å². The second-order valence-electron chi connectivity index (χ2n) is 3.66. The molecule has 0 fully saturated rings. The van der Waals surface area contributed by atoms with Gasteiger partial charge in [-0.1, -0.05) is 0 Å². The Morgan fingerprint density at radius 1 is 1.00 bits per heavy atom. The summed E-state index contributed by atoms with van der Waals surface area (Å²) in [5, 5.41) is 35.2. The molecule has 2 amide bonds. The Kier molecular flexibility index (Phi) is 5.31. The Balaban J connectivity index is 5.03. The third kappa shape index (κ3) is 4.53. The van der Waals surface area contributed by atoms with Gasteiger partial charge in [0.2, 0.25) is 11.8 Å². The van der Waals surface area contributed by atoms with E-state index in [4.69, 9.17) is 31.9 Å². The molecule has 0 aliphatic heterocycles. The maximum Gasteiger partial charge on any atom is 0.224 e. The zero-order chi connectivity index (χ0) is 12.9. The molecule has 16 heavy (non-hydrogen) atoms. The molecule has 0 aromatic rings. The first-order valence-electron chi connectivity index (χ1n) is 4.50. The maximum atomic E-state index is 11.2. The zero-order valence-electron chi connectivity index (χ0n) is 8.54. The molecule has 0 saturated heterocycles. The van der Waals surface area contributed by atoms with E-state index >= 15 is 0 Å². The normalized spacial score (nSPS) is 12.1. The van der Waals surface area contributed by atoms with Crippen LogP contribution in [0.2, 0.25) is 0 Å². The van der Waals surface area contributed by atoms with Crippen LogP contribution < -0.4 is 11.5 Å². The Bertz CT molecular complexity index is 255. The van der Waals surface area contributed by atoms with Crippen LogP contribution in [0.3, 0.4) is 0 Å². The van der Waals surface area contributed by atoms with Gasteiger partial charge in [-0.15, -0.1) is 0 Å². The number of nitrogens with two attached hydrogens (primary N) is 2. The molecule has 0 spiro atoms. The number of carbonyl (C=O) groups excluding carboxylic acids is 2. The lowest BCUT2D eigenvalue weighted by Gasteiger charge is -2.30. The highest BCUT2D eigenvalue weighted by Gasteiger charge is 2.41. The van der Waals surface area contributed by atoms with Gasteiger partial charge < -0.3 is 31.9 Å². The highest BCUT2D eigenvalue weighted by atomic mass is 16.5. The average Bonchev–Trinajstić information content (AvgIpc) is 1.98. The van der Waals surface area contributed by atoms with Gasteiger partial charge in [0, 0.05) is 19.3 Å². The van der Waals surface area contributed by atoms with Gasteiger partial charge in [0.15, 0.2) is 12.6 Å². The van der Waals surface area contributed by atoms with Crippen molar-refractivity contribution in [3.8, 4) is 0 Å². The summed E-state index contributed by atoms with van der Waals surface area (Å²) >= 11 is 0. The van der Waals surface area contributed by atoms with Crippen LogP contribution in [0.5, 0.6) is 0 Å². The van der Waals surface area contributed by atoms with Crippen molar-refractivity contribution < 1.29 is 30.0 Å². The first-order chi connectivity index (χ1) is 7.19. The lowest BCUT2D eigenvalue weighted by Crippen LogP contribution is -2.45. The van der Waals surface area contributed by atoms with Crippen LogP contribution in [0.1, 0.15) is 19.3 Å². The summed E-state index contributed by atoms with van der Waals surface area (Å²) in [7, 11) is 0. The summed E-state index contributed by atoms with van der Waals surface area (Å²) in [5.41, 5.74) is 8.15. The molecule has 0 atom stereocenters. The van der Waals surface area contributed by atoms with Crippen molar-refractivity contribution in [2.75, 3.05) is 0 Å². The number of carbonyl (C=O) groups is 2. The van der Waals surface area contributed by atoms with Crippen LogP contribution in [-0.2, 0) is 9.59 Å². The maximum absolute atomic E-state index is 11.2. The number of hydrogen-bond donors (Lipinski definition) is 6. The van der Waals surface area contributed by atoms with E-state index in [0.29, 0.717) is 0 Å². The third-order valence-electron chi connectivity index (χ3n) is 2.18. The van der Waals surface area contributed by atoms with E-state index in [2.05, 4.69) is 0 Å². The van der Waals surface area contributed by atoms with Crippen LogP contribution in [-0.4, -0.2) is 44.8 Å². The minimum Gasteiger partial charge on any atom is -0.370 e. The van der Waals surface area contributed by atoms with Crippen LogP contribution in [0.25, 0.3) is 0 Å². The number of hydrogen-bond acceptors (Lipinski definition) is 6. The fourth-order valence-electron chi connectivity index (χ4n) is 1.55. The average molecular weight is 236 g/mol. The molecule has 8 N–H and O–H groups in total. The fraction of sp³-hybridized carbons (Fsp3) is 0.750. The number of aliphatic hydroxyl groups excluding tert-OH is 2. The molecule has 0 unspecified atom stereocenters. The topological polar surface area (TPSA) is 167 Å². The van der Waals surface area contributed by atoms with Crippen molar-refractivity contribution in [1.82, 2.24) is 0 Å². The zero-order valence-corrected chi connectivity index (χ0v) is 8.54. The van der Waals surface area contributed by atoms with Gasteiger partial charge in [0.25, 0.3) is 0 Å². The summed E-state index contributed by atoms with van der Waals surface area (Å²) in [5.74, 6) is -1.95. The molecule has 0 aromatic heterocycles. The van der Waals surface area contributed by atoms with Crippen molar-refractivity contribution in [2.24, 2.45) is 16.9 Å². The van der Waals surface area contributed by atoms with E-state index in [1.54, 1.807) is 0 Å². The second kappa shape index (κ2) is 5.75. The SMILES string of the molecule is NC(=O)CC(CC(O)O)(CC(O)O)C(N)=O. The van der Waals surface area contributed by atoms with Gasteiger partial charge in [-0.3, -0.25) is 9.59 Å². The van der Waals surface area contributed by atoms with Crippen molar-refractivity contribution in [3.05, 3.63) is 0 Å². The summed E-state index contributed by atoms with van der Waals surface area (Å²) in [6.07, 6.45) is -5.60. The Morgan fingerprint density at radius 3 is 1.56 bits per heavy atom. The van der Waals surface area contributed by atoms with Gasteiger partial charge >= 0.3 is 0 Å².